The van der Waals surface area contributed by atoms with E-state index in [-0.39, 0.29) is 11.6 Å². The van der Waals surface area contributed by atoms with E-state index in [4.69, 9.17) is 0 Å². The lowest BCUT2D eigenvalue weighted by Crippen LogP contribution is -2.34. The number of aliphatic hydroxyl groups excluding tert-OH is 1. The van der Waals surface area contributed by atoms with Crippen LogP contribution in [0.15, 0.2) is 67.0 Å². The van der Waals surface area contributed by atoms with Gasteiger partial charge in [0, 0.05) is 18.3 Å². The van der Waals surface area contributed by atoms with Gasteiger partial charge in [-0.05, 0) is 35.9 Å². The first-order valence-corrected chi connectivity index (χ1v) is 8.24. The van der Waals surface area contributed by atoms with E-state index in [0.717, 1.165) is 11.8 Å². The van der Waals surface area contributed by atoms with Gasteiger partial charge in [0.25, 0.3) is 5.91 Å². The molecule has 1 aliphatic rings. The topological polar surface area (TPSA) is 66.3 Å². The minimum absolute atomic E-state index is 0.169. The number of pyridine rings is 2. The highest BCUT2D eigenvalue weighted by Gasteiger charge is 2.38. The molecule has 3 heterocycles. The van der Waals surface area contributed by atoms with Crippen LogP contribution in [0.4, 0.5) is 4.39 Å². The second-order valence-corrected chi connectivity index (χ2v) is 6.14. The van der Waals surface area contributed by atoms with Gasteiger partial charge in [-0.15, -0.1) is 0 Å². The normalized spacial score (nSPS) is 15.6. The summed E-state index contributed by atoms with van der Waals surface area (Å²) in [4.78, 5) is 22.8. The van der Waals surface area contributed by atoms with Crippen LogP contribution < -0.4 is 0 Å². The molecule has 0 aliphatic carbocycles. The molecule has 1 N–H and O–H groups in total. The van der Waals surface area contributed by atoms with E-state index in [0.29, 0.717) is 17.8 Å². The molecule has 0 unspecified atom stereocenters. The van der Waals surface area contributed by atoms with Gasteiger partial charge >= 0.3 is 0 Å². The minimum atomic E-state index is -1.14. The van der Waals surface area contributed by atoms with E-state index in [1.54, 1.807) is 35.4 Å². The predicted octanol–water partition coefficient (Wildman–Crippen LogP) is 3.05. The maximum Gasteiger partial charge on any atom is 0.255 e. The van der Waals surface area contributed by atoms with Gasteiger partial charge in [0.1, 0.15) is 18.0 Å². The van der Waals surface area contributed by atoms with Crippen molar-refractivity contribution in [3.8, 4) is 0 Å². The van der Waals surface area contributed by atoms with E-state index in [1.807, 2.05) is 18.2 Å². The van der Waals surface area contributed by atoms with E-state index < -0.39 is 18.0 Å². The zero-order valence-corrected chi connectivity index (χ0v) is 13.8. The molecule has 0 saturated carbocycles. The van der Waals surface area contributed by atoms with E-state index in [9.17, 15) is 14.3 Å². The fourth-order valence-corrected chi connectivity index (χ4v) is 3.27. The Morgan fingerprint density at radius 2 is 1.81 bits per heavy atom. The van der Waals surface area contributed by atoms with Crippen molar-refractivity contribution in [3.63, 3.8) is 0 Å². The Hall–Kier alpha value is -3.12. The van der Waals surface area contributed by atoms with Crippen molar-refractivity contribution < 1.29 is 14.3 Å². The molecule has 1 amide bonds. The Balaban J connectivity index is 1.75. The Morgan fingerprint density at radius 3 is 2.50 bits per heavy atom. The van der Waals surface area contributed by atoms with Gasteiger partial charge in [-0.2, -0.15) is 0 Å². The number of fused-ring (bicyclic) bond motifs is 1. The number of hydrogen-bond acceptors (Lipinski definition) is 4. The largest absolute Gasteiger partial charge is 0.384 e. The number of aliphatic hydroxyl groups is 1. The third-order valence-corrected chi connectivity index (χ3v) is 4.53. The number of nitrogens with zero attached hydrogens (tertiary/aromatic N) is 3. The lowest BCUT2D eigenvalue weighted by Gasteiger charge is -2.31. The molecular weight excluding hydrogens is 333 g/mol. The monoisotopic (exact) mass is 349 g/mol. The summed E-state index contributed by atoms with van der Waals surface area (Å²) in [5.74, 6) is -0.655. The Labute approximate surface area is 149 Å². The average molecular weight is 349 g/mol. The number of carbonyl (C=O) groups is 1. The highest BCUT2D eigenvalue weighted by molar-refractivity contribution is 5.98. The van der Waals surface area contributed by atoms with Crippen molar-refractivity contribution in [2.24, 2.45) is 0 Å². The molecule has 0 bridgehead atoms. The first-order chi connectivity index (χ1) is 12.6. The summed E-state index contributed by atoms with van der Waals surface area (Å²) in [6.45, 7) is 0.370. The predicted molar refractivity (Wildman–Crippen MR) is 92.4 cm³/mol. The smallest absolute Gasteiger partial charge is 0.255 e. The summed E-state index contributed by atoms with van der Waals surface area (Å²) in [6.07, 6.45) is 1.53. The molecule has 4 rings (SSSR count). The van der Waals surface area contributed by atoms with Crippen molar-refractivity contribution in [1.29, 1.82) is 0 Å². The molecular formula is C20H16FN3O2. The van der Waals surface area contributed by atoms with Crippen molar-refractivity contribution in [2.75, 3.05) is 0 Å². The molecule has 1 aliphatic heterocycles. The van der Waals surface area contributed by atoms with E-state index >= 15 is 0 Å². The summed E-state index contributed by atoms with van der Waals surface area (Å²) in [5, 5.41) is 11.0. The molecule has 5 nitrogen and oxygen atoms in total. The lowest BCUT2D eigenvalue weighted by atomic mass is 10.0. The molecule has 2 atom stereocenters. The fourth-order valence-electron chi connectivity index (χ4n) is 3.27. The highest BCUT2D eigenvalue weighted by atomic mass is 19.1. The second kappa shape index (κ2) is 6.65. The van der Waals surface area contributed by atoms with Crippen molar-refractivity contribution >= 4 is 5.91 Å². The minimum Gasteiger partial charge on any atom is -0.384 e. The number of aromatic nitrogens is 2. The molecule has 26 heavy (non-hydrogen) atoms. The Bertz CT molecular complexity index is 931. The van der Waals surface area contributed by atoms with Crippen molar-refractivity contribution in [1.82, 2.24) is 14.9 Å². The second-order valence-electron chi connectivity index (χ2n) is 6.14. The summed E-state index contributed by atoms with van der Waals surface area (Å²) >= 11 is 0. The summed E-state index contributed by atoms with van der Waals surface area (Å²) in [6, 6.07) is 14.6. The fraction of sp³-hybridized carbons (Fsp3) is 0.150. The first kappa shape index (κ1) is 16.4. The van der Waals surface area contributed by atoms with Crippen LogP contribution in [-0.4, -0.2) is 25.9 Å². The van der Waals surface area contributed by atoms with Crippen LogP contribution in [0.3, 0.4) is 0 Å². The van der Waals surface area contributed by atoms with E-state index in [2.05, 4.69) is 9.97 Å². The average Bonchev–Trinajstić information content (AvgIpc) is 3.00. The molecule has 130 valence electrons. The number of hydrogen-bond donors (Lipinski definition) is 1. The quantitative estimate of drug-likeness (QED) is 0.786. The molecule has 6 heteroatoms. The molecule has 0 fully saturated rings. The van der Waals surface area contributed by atoms with Crippen molar-refractivity contribution in [2.45, 2.75) is 18.7 Å². The van der Waals surface area contributed by atoms with Gasteiger partial charge in [0.15, 0.2) is 0 Å². The summed E-state index contributed by atoms with van der Waals surface area (Å²) < 4.78 is 13.2. The van der Waals surface area contributed by atoms with Gasteiger partial charge in [-0.25, -0.2) is 4.39 Å². The maximum atomic E-state index is 13.2. The van der Waals surface area contributed by atoms with Gasteiger partial charge < -0.3 is 10.0 Å². The zero-order chi connectivity index (χ0) is 18.1. The van der Waals surface area contributed by atoms with Gasteiger partial charge in [0.2, 0.25) is 0 Å². The number of rotatable bonds is 4. The number of carbonyl (C=O) groups excluding carboxylic acids is 1. The lowest BCUT2D eigenvalue weighted by molar-refractivity contribution is 0.0331. The van der Waals surface area contributed by atoms with Crippen LogP contribution in [0, 0.1) is 5.82 Å². The summed E-state index contributed by atoms with van der Waals surface area (Å²) in [5.41, 5.74) is 2.35. The van der Waals surface area contributed by atoms with Crippen LogP contribution in [0.5, 0.6) is 0 Å². The Morgan fingerprint density at radius 1 is 1.00 bits per heavy atom. The first-order valence-electron chi connectivity index (χ1n) is 8.24. The van der Waals surface area contributed by atoms with Crippen molar-refractivity contribution in [3.05, 3.63) is 95.3 Å². The summed E-state index contributed by atoms with van der Waals surface area (Å²) in [7, 11) is 0. The third kappa shape index (κ3) is 2.84. The zero-order valence-electron chi connectivity index (χ0n) is 13.8. The molecule has 0 spiro atoms. The van der Waals surface area contributed by atoms with Crippen LogP contribution in [0.1, 0.15) is 39.5 Å². The van der Waals surface area contributed by atoms with E-state index in [1.165, 1.54) is 12.1 Å². The number of halogens is 1. The molecule has 3 aromatic rings. The molecule has 0 radical (unpaired) electrons. The Kier molecular flexibility index (Phi) is 4.18. The standard InChI is InChI=1S/C20H16FN3O2/c21-14-8-9-17(23-11-14)19(25)18(16-7-3-4-10-22-16)24-12-13-5-1-2-6-15(13)20(24)26/h1-11,18-19,25H,12H2/t18-,19+/m0/s1. The molecule has 0 saturated heterocycles. The van der Waals surface area contributed by atoms with Gasteiger partial charge in [0.05, 0.1) is 17.6 Å². The van der Waals surface area contributed by atoms with Crippen LogP contribution in [0.25, 0.3) is 0 Å². The molecule has 1 aromatic carbocycles. The SMILES string of the molecule is O=C1c2ccccc2CN1[C@@H](c1ccccn1)[C@H](O)c1ccc(F)cn1. The maximum absolute atomic E-state index is 13.2. The third-order valence-electron chi connectivity index (χ3n) is 4.53. The molecule has 2 aromatic heterocycles. The van der Waals surface area contributed by atoms with Crippen LogP contribution in [-0.2, 0) is 6.54 Å². The van der Waals surface area contributed by atoms with Gasteiger partial charge in [-0.3, -0.25) is 14.8 Å². The number of benzene rings is 1. The highest BCUT2D eigenvalue weighted by Crippen LogP contribution is 2.37. The van der Waals surface area contributed by atoms with Crippen LogP contribution in [0.2, 0.25) is 0 Å². The number of amides is 1. The van der Waals surface area contributed by atoms with Gasteiger partial charge in [-0.1, -0.05) is 24.3 Å². The van der Waals surface area contributed by atoms with Crippen LogP contribution >= 0.6 is 0 Å².